The highest BCUT2D eigenvalue weighted by molar-refractivity contribution is 9.10. The Kier molecular flexibility index (Phi) is 6.19. The number of rotatable bonds is 7. The molecule has 6 heteroatoms. The third kappa shape index (κ3) is 3.89. The molecule has 1 aromatic rings. The van der Waals surface area contributed by atoms with E-state index in [1.807, 2.05) is 26.1 Å². The second-order valence-electron chi connectivity index (χ2n) is 4.04. The van der Waals surface area contributed by atoms with E-state index in [9.17, 15) is 8.42 Å². The van der Waals surface area contributed by atoms with Gasteiger partial charge in [0.2, 0.25) is 10.0 Å². The van der Waals surface area contributed by atoms with E-state index < -0.39 is 10.0 Å². The molecule has 0 aliphatic rings. The van der Waals surface area contributed by atoms with Gasteiger partial charge in [0.05, 0.1) is 4.90 Å². The zero-order chi connectivity index (χ0) is 14.5. The minimum absolute atomic E-state index is 0.288. The molecule has 0 amide bonds. The third-order valence-electron chi connectivity index (χ3n) is 2.68. The lowest BCUT2D eigenvalue weighted by molar-refractivity contribution is 0.459. The minimum atomic E-state index is -3.48. The Bertz CT molecular complexity index is 544. The largest absolute Gasteiger partial charge is 0.316 e. The van der Waals surface area contributed by atoms with Gasteiger partial charge >= 0.3 is 0 Å². The zero-order valence-corrected chi connectivity index (χ0v) is 13.6. The first-order valence-corrected chi connectivity index (χ1v) is 8.24. The van der Waals surface area contributed by atoms with Crippen LogP contribution in [-0.4, -0.2) is 32.9 Å². The molecule has 4 nitrogen and oxygen atoms in total. The lowest BCUT2D eigenvalue weighted by atomic mass is 10.2. The van der Waals surface area contributed by atoms with Crippen molar-refractivity contribution in [1.82, 2.24) is 9.62 Å². The maximum Gasteiger partial charge on any atom is 0.244 e. The molecule has 0 spiro atoms. The third-order valence-corrected chi connectivity index (χ3v) is 5.60. The van der Waals surface area contributed by atoms with Crippen molar-refractivity contribution in [3.8, 4) is 0 Å². The maximum atomic E-state index is 12.5. The Morgan fingerprint density at radius 2 is 2.16 bits per heavy atom. The standard InChI is InChI=1S/C13H19BrN2O2S/c1-4-8-16(5-2)19(17,18)13-7-6-11(10-15-3)9-12(13)14/h4,6-7,9,15H,1,5,8,10H2,2-3H3. The number of hydrogen-bond donors (Lipinski definition) is 1. The van der Waals surface area contributed by atoms with E-state index in [-0.39, 0.29) is 4.90 Å². The summed E-state index contributed by atoms with van der Waals surface area (Å²) in [7, 11) is -1.63. The van der Waals surface area contributed by atoms with Gasteiger partial charge in [-0.1, -0.05) is 19.1 Å². The van der Waals surface area contributed by atoms with Crippen LogP contribution in [0.2, 0.25) is 0 Å². The molecule has 0 saturated heterocycles. The number of likely N-dealkylation sites (N-methyl/N-ethyl adjacent to an activating group) is 1. The Morgan fingerprint density at radius 1 is 1.47 bits per heavy atom. The van der Waals surface area contributed by atoms with Crippen LogP contribution in [0.25, 0.3) is 0 Å². The second-order valence-corrected chi connectivity index (χ2v) is 6.80. The summed E-state index contributed by atoms with van der Waals surface area (Å²) in [6.07, 6.45) is 1.59. The highest BCUT2D eigenvalue weighted by Crippen LogP contribution is 2.26. The Hall–Kier alpha value is -0.690. The van der Waals surface area contributed by atoms with Crippen LogP contribution in [0.4, 0.5) is 0 Å². The number of benzene rings is 1. The van der Waals surface area contributed by atoms with Crippen molar-refractivity contribution in [2.75, 3.05) is 20.1 Å². The van der Waals surface area contributed by atoms with E-state index in [4.69, 9.17) is 0 Å². The number of nitrogens with one attached hydrogen (secondary N) is 1. The molecule has 0 radical (unpaired) electrons. The Balaban J connectivity index is 3.17. The second kappa shape index (κ2) is 7.19. The average Bonchev–Trinajstić information content (AvgIpc) is 2.35. The molecular weight excluding hydrogens is 328 g/mol. The van der Waals surface area contributed by atoms with Gasteiger partial charge in [0, 0.05) is 24.1 Å². The van der Waals surface area contributed by atoms with E-state index in [0.29, 0.717) is 24.1 Å². The molecule has 0 fully saturated rings. The number of halogens is 1. The lowest BCUT2D eigenvalue weighted by Crippen LogP contribution is -2.31. The van der Waals surface area contributed by atoms with Gasteiger partial charge in [-0.05, 0) is 40.7 Å². The van der Waals surface area contributed by atoms with E-state index in [1.54, 1.807) is 12.1 Å². The SMILES string of the molecule is C=CCN(CC)S(=O)(=O)c1ccc(CNC)cc1Br. The highest BCUT2D eigenvalue weighted by Gasteiger charge is 2.24. The molecule has 1 rings (SSSR count). The van der Waals surface area contributed by atoms with Gasteiger partial charge in [-0.15, -0.1) is 6.58 Å². The summed E-state index contributed by atoms with van der Waals surface area (Å²) in [5.41, 5.74) is 1.03. The molecule has 19 heavy (non-hydrogen) atoms. The zero-order valence-electron chi connectivity index (χ0n) is 11.2. The highest BCUT2D eigenvalue weighted by atomic mass is 79.9. The molecule has 0 bridgehead atoms. The summed E-state index contributed by atoms with van der Waals surface area (Å²) in [5.74, 6) is 0. The molecule has 0 aliphatic carbocycles. The smallest absolute Gasteiger partial charge is 0.244 e. The minimum Gasteiger partial charge on any atom is -0.316 e. The molecule has 0 atom stereocenters. The van der Waals surface area contributed by atoms with Crippen LogP contribution in [0.15, 0.2) is 40.2 Å². The molecule has 1 N–H and O–H groups in total. The van der Waals surface area contributed by atoms with Gasteiger partial charge in [-0.3, -0.25) is 0 Å². The van der Waals surface area contributed by atoms with Gasteiger partial charge in [-0.2, -0.15) is 4.31 Å². The van der Waals surface area contributed by atoms with Crippen molar-refractivity contribution < 1.29 is 8.42 Å². The summed E-state index contributed by atoms with van der Waals surface area (Å²) < 4.78 is 26.9. The Labute approximate surface area is 123 Å². The summed E-state index contributed by atoms with van der Waals surface area (Å²) >= 11 is 3.34. The summed E-state index contributed by atoms with van der Waals surface area (Å²) in [6, 6.07) is 5.28. The topological polar surface area (TPSA) is 49.4 Å². The van der Waals surface area contributed by atoms with Gasteiger partial charge < -0.3 is 5.32 Å². The average molecular weight is 347 g/mol. The van der Waals surface area contributed by atoms with Crippen molar-refractivity contribution in [2.24, 2.45) is 0 Å². The number of sulfonamides is 1. The number of hydrogen-bond acceptors (Lipinski definition) is 3. The van der Waals surface area contributed by atoms with Crippen LogP contribution in [0, 0.1) is 0 Å². The molecule has 0 unspecified atom stereocenters. The van der Waals surface area contributed by atoms with Crippen molar-refractivity contribution in [3.05, 3.63) is 40.9 Å². The number of nitrogens with zero attached hydrogens (tertiary/aromatic N) is 1. The lowest BCUT2D eigenvalue weighted by Gasteiger charge is -2.19. The fraction of sp³-hybridized carbons (Fsp3) is 0.385. The molecule has 106 valence electrons. The van der Waals surface area contributed by atoms with E-state index >= 15 is 0 Å². The predicted octanol–water partition coefficient (Wildman–Crippen LogP) is 2.37. The van der Waals surface area contributed by atoms with Gasteiger partial charge in [0.1, 0.15) is 0 Å². The molecule has 0 aromatic heterocycles. The van der Waals surface area contributed by atoms with E-state index in [0.717, 1.165) is 5.56 Å². The molecular formula is C13H19BrN2O2S. The first-order chi connectivity index (χ1) is 8.97. The Morgan fingerprint density at radius 3 is 2.63 bits per heavy atom. The van der Waals surface area contributed by atoms with Gasteiger partial charge in [-0.25, -0.2) is 8.42 Å². The molecule has 0 aliphatic heterocycles. The maximum absolute atomic E-state index is 12.5. The van der Waals surface area contributed by atoms with Gasteiger partial charge in [0.25, 0.3) is 0 Å². The van der Waals surface area contributed by atoms with Crippen LogP contribution >= 0.6 is 15.9 Å². The van der Waals surface area contributed by atoms with E-state index in [1.165, 1.54) is 4.31 Å². The van der Waals surface area contributed by atoms with Crippen molar-refractivity contribution in [1.29, 1.82) is 0 Å². The molecule has 1 aromatic carbocycles. The first kappa shape index (κ1) is 16.4. The monoisotopic (exact) mass is 346 g/mol. The van der Waals surface area contributed by atoms with Crippen LogP contribution < -0.4 is 5.32 Å². The molecule has 0 saturated carbocycles. The van der Waals surface area contributed by atoms with Gasteiger partial charge in [0.15, 0.2) is 0 Å². The van der Waals surface area contributed by atoms with Crippen LogP contribution in [0.3, 0.4) is 0 Å². The van der Waals surface area contributed by atoms with Crippen molar-refractivity contribution >= 4 is 26.0 Å². The van der Waals surface area contributed by atoms with E-state index in [2.05, 4.69) is 27.8 Å². The van der Waals surface area contributed by atoms with Crippen LogP contribution in [0.1, 0.15) is 12.5 Å². The fourth-order valence-corrected chi connectivity index (χ4v) is 4.25. The van der Waals surface area contributed by atoms with Crippen LogP contribution in [-0.2, 0) is 16.6 Å². The van der Waals surface area contributed by atoms with Crippen molar-refractivity contribution in [3.63, 3.8) is 0 Å². The quantitative estimate of drug-likeness (QED) is 0.771. The summed E-state index contributed by atoms with van der Waals surface area (Å²) in [5, 5.41) is 3.03. The summed E-state index contributed by atoms with van der Waals surface area (Å²) in [4.78, 5) is 0.288. The first-order valence-electron chi connectivity index (χ1n) is 6.01. The fourth-order valence-electron chi connectivity index (χ4n) is 1.75. The normalized spacial score (nSPS) is 11.8. The summed E-state index contributed by atoms with van der Waals surface area (Å²) in [6.45, 7) is 6.82. The van der Waals surface area contributed by atoms with Crippen molar-refractivity contribution in [2.45, 2.75) is 18.4 Å². The predicted molar refractivity (Wildman–Crippen MR) is 81.5 cm³/mol. The molecule has 0 heterocycles. The van der Waals surface area contributed by atoms with Crippen LogP contribution in [0.5, 0.6) is 0 Å².